The van der Waals surface area contributed by atoms with Gasteiger partial charge in [-0.3, -0.25) is 4.98 Å². The van der Waals surface area contributed by atoms with Crippen LogP contribution in [-0.2, 0) is 12.9 Å². The van der Waals surface area contributed by atoms with Crippen LogP contribution in [0.3, 0.4) is 0 Å². The lowest BCUT2D eigenvalue weighted by atomic mass is 10.2. The second-order valence-corrected chi connectivity index (χ2v) is 4.88. The number of halogens is 1. The monoisotopic (exact) mass is 287 g/mol. The van der Waals surface area contributed by atoms with Crippen molar-refractivity contribution in [1.29, 1.82) is 0 Å². The van der Waals surface area contributed by atoms with Crippen molar-refractivity contribution >= 4 is 22.5 Å². The van der Waals surface area contributed by atoms with Gasteiger partial charge in [-0.05, 0) is 19.1 Å². The predicted molar refractivity (Wildman–Crippen MR) is 79.3 cm³/mol. The van der Waals surface area contributed by atoms with Gasteiger partial charge >= 0.3 is 0 Å². The Morgan fingerprint density at radius 1 is 1.25 bits per heavy atom. The van der Waals surface area contributed by atoms with Gasteiger partial charge in [0.25, 0.3) is 0 Å². The average Bonchev–Trinajstić information content (AvgIpc) is 2.76. The summed E-state index contributed by atoms with van der Waals surface area (Å²) in [6.45, 7) is 1.93. The molecule has 0 spiro atoms. The number of rotatable bonds is 3. The first-order valence-electron chi connectivity index (χ1n) is 6.30. The fraction of sp³-hybridized carbons (Fsp3) is 0.200. The smallest absolute Gasteiger partial charge is 0.217 e. The van der Waals surface area contributed by atoms with Gasteiger partial charge in [0.15, 0.2) is 0 Å². The lowest BCUT2D eigenvalue weighted by Crippen LogP contribution is -1.97. The van der Waals surface area contributed by atoms with E-state index in [-0.39, 0.29) is 0 Å². The van der Waals surface area contributed by atoms with Gasteiger partial charge in [0, 0.05) is 24.6 Å². The summed E-state index contributed by atoms with van der Waals surface area (Å²) in [6.07, 6.45) is 0. The molecule has 0 fully saturated rings. The van der Waals surface area contributed by atoms with E-state index in [0.717, 1.165) is 28.0 Å². The molecule has 1 aromatic carbocycles. The molecule has 0 saturated carbocycles. The number of benzene rings is 1. The van der Waals surface area contributed by atoms with Crippen LogP contribution in [0.25, 0.3) is 10.9 Å². The summed E-state index contributed by atoms with van der Waals surface area (Å²) in [5, 5.41) is 5.24. The molecule has 3 rings (SSSR count). The molecule has 4 nitrogen and oxygen atoms in total. The zero-order chi connectivity index (χ0) is 14.1. The Bertz CT molecular complexity index is 767. The zero-order valence-corrected chi connectivity index (χ0v) is 12.1. The summed E-state index contributed by atoms with van der Waals surface area (Å²) in [7, 11) is 1.86. The highest BCUT2D eigenvalue weighted by Crippen LogP contribution is 2.30. The van der Waals surface area contributed by atoms with E-state index in [1.807, 2.05) is 50.4 Å². The lowest BCUT2D eigenvalue weighted by Gasteiger charge is -2.10. The van der Waals surface area contributed by atoms with Crippen molar-refractivity contribution in [2.24, 2.45) is 7.05 Å². The Morgan fingerprint density at radius 2 is 2.05 bits per heavy atom. The largest absolute Gasteiger partial charge is 0.439 e. The molecule has 0 aliphatic rings. The SMILES string of the molecule is Cc1cc(Oc2cc(CCl)nc3ccccc23)n(C)n1. The van der Waals surface area contributed by atoms with Gasteiger partial charge in [0.1, 0.15) is 5.75 Å². The number of para-hydroxylation sites is 1. The molecule has 102 valence electrons. The highest BCUT2D eigenvalue weighted by Gasteiger charge is 2.10. The van der Waals surface area contributed by atoms with Crippen molar-refractivity contribution in [3.63, 3.8) is 0 Å². The quantitative estimate of drug-likeness (QED) is 0.688. The average molecular weight is 288 g/mol. The molecule has 0 atom stereocenters. The Labute approximate surface area is 122 Å². The van der Waals surface area contributed by atoms with E-state index in [4.69, 9.17) is 16.3 Å². The molecule has 0 aliphatic carbocycles. The van der Waals surface area contributed by atoms with Gasteiger partial charge in [-0.15, -0.1) is 11.6 Å². The number of hydrogen-bond donors (Lipinski definition) is 0. The maximum absolute atomic E-state index is 5.99. The number of fused-ring (bicyclic) bond motifs is 1. The van der Waals surface area contributed by atoms with Crippen LogP contribution >= 0.6 is 11.6 Å². The number of aryl methyl sites for hydroxylation is 2. The van der Waals surface area contributed by atoms with E-state index in [9.17, 15) is 0 Å². The van der Waals surface area contributed by atoms with Crippen LogP contribution in [0.5, 0.6) is 11.6 Å². The van der Waals surface area contributed by atoms with Gasteiger partial charge in [-0.2, -0.15) is 5.10 Å². The van der Waals surface area contributed by atoms with Crippen LogP contribution < -0.4 is 4.74 Å². The molecule has 0 saturated heterocycles. The van der Waals surface area contributed by atoms with Crippen molar-refractivity contribution in [1.82, 2.24) is 14.8 Å². The minimum Gasteiger partial charge on any atom is -0.439 e. The second-order valence-electron chi connectivity index (χ2n) is 4.61. The topological polar surface area (TPSA) is 39.9 Å². The fourth-order valence-corrected chi connectivity index (χ4v) is 2.28. The molecular weight excluding hydrogens is 274 g/mol. The number of ether oxygens (including phenoxy) is 1. The predicted octanol–water partition coefficient (Wildman–Crippen LogP) is 3.81. The first-order chi connectivity index (χ1) is 9.67. The molecular formula is C15H14ClN3O. The van der Waals surface area contributed by atoms with E-state index in [1.54, 1.807) is 4.68 Å². The Kier molecular flexibility index (Phi) is 3.32. The molecule has 2 heterocycles. The van der Waals surface area contributed by atoms with Crippen LogP contribution in [0.4, 0.5) is 0 Å². The molecule has 20 heavy (non-hydrogen) atoms. The normalized spacial score (nSPS) is 10.9. The van der Waals surface area contributed by atoms with E-state index in [1.165, 1.54) is 0 Å². The van der Waals surface area contributed by atoms with Crippen molar-refractivity contribution in [3.05, 3.63) is 47.8 Å². The highest BCUT2D eigenvalue weighted by atomic mass is 35.5. The third-order valence-electron chi connectivity index (χ3n) is 3.04. The standard InChI is InChI=1S/C15H14ClN3O/c1-10-7-15(19(2)18-10)20-14-8-11(9-16)17-13-6-4-3-5-12(13)14/h3-8H,9H2,1-2H3. The lowest BCUT2D eigenvalue weighted by molar-refractivity contribution is 0.434. The maximum atomic E-state index is 5.99. The van der Waals surface area contributed by atoms with Crippen LogP contribution in [0.2, 0.25) is 0 Å². The van der Waals surface area contributed by atoms with Crippen LogP contribution in [0.1, 0.15) is 11.4 Å². The van der Waals surface area contributed by atoms with Crippen molar-refractivity contribution in [2.45, 2.75) is 12.8 Å². The minimum atomic E-state index is 0.353. The summed E-state index contributed by atoms with van der Waals surface area (Å²) in [6, 6.07) is 11.6. The van der Waals surface area contributed by atoms with E-state index < -0.39 is 0 Å². The van der Waals surface area contributed by atoms with Crippen molar-refractivity contribution < 1.29 is 4.74 Å². The van der Waals surface area contributed by atoms with Gasteiger partial charge in [0.05, 0.1) is 22.8 Å². The van der Waals surface area contributed by atoms with Crippen LogP contribution in [0, 0.1) is 6.92 Å². The molecule has 0 bridgehead atoms. The third kappa shape index (κ3) is 2.34. The summed E-state index contributed by atoms with van der Waals surface area (Å²) in [4.78, 5) is 4.49. The summed E-state index contributed by atoms with van der Waals surface area (Å²) >= 11 is 5.90. The first kappa shape index (κ1) is 12.9. The summed E-state index contributed by atoms with van der Waals surface area (Å²) < 4.78 is 7.70. The Hall–Kier alpha value is -2.07. The second kappa shape index (κ2) is 5.13. The highest BCUT2D eigenvalue weighted by molar-refractivity contribution is 6.17. The van der Waals surface area contributed by atoms with Crippen LogP contribution in [-0.4, -0.2) is 14.8 Å². The molecule has 0 amide bonds. The molecule has 0 radical (unpaired) electrons. The summed E-state index contributed by atoms with van der Waals surface area (Å²) in [5.41, 5.74) is 2.58. The summed E-state index contributed by atoms with van der Waals surface area (Å²) in [5.74, 6) is 1.79. The molecule has 3 aromatic rings. The van der Waals surface area contributed by atoms with Crippen molar-refractivity contribution in [3.8, 4) is 11.6 Å². The number of nitrogens with zero attached hydrogens (tertiary/aromatic N) is 3. The molecule has 2 aromatic heterocycles. The molecule has 0 N–H and O–H groups in total. The minimum absolute atomic E-state index is 0.353. The third-order valence-corrected chi connectivity index (χ3v) is 3.32. The maximum Gasteiger partial charge on any atom is 0.217 e. The zero-order valence-electron chi connectivity index (χ0n) is 11.3. The molecule has 0 aliphatic heterocycles. The van der Waals surface area contributed by atoms with E-state index >= 15 is 0 Å². The van der Waals surface area contributed by atoms with Gasteiger partial charge in [-0.25, -0.2) is 4.68 Å². The van der Waals surface area contributed by atoms with Crippen LogP contribution in [0.15, 0.2) is 36.4 Å². The van der Waals surface area contributed by atoms with Crippen molar-refractivity contribution in [2.75, 3.05) is 0 Å². The molecule has 5 heteroatoms. The van der Waals surface area contributed by atoms with E-state index in [2.05, 4.69) is 10.1 Å². The number of alkyl halides is 1. The van der Waals surface area contributed by atoms with Gasteiger partial charge in [0.2, 0.25) is 5.88 Å². The Balaban J connectivity index is 2.12. The molecule has 0 unspecified atom stereocenters. The number of aromatic nitrogens is 3. The number of hydrogen-bond acceptors (Lipinski definition) is 3. The number of pyridine rings is 1. The van der Waals surface area contributed by atoms with Gasteiger partial charge in [-0.1, -0.05) is 12.1 Å². The first-order valence-corrected chi connectivity index (χ1v) is 6.84. The fourth-order valence-electron chi connectivity index (χ4n) is 2.14. The van der Waals surface area contributed by atoms with Gasteiger partial charge < -0.3 is 4.74 Å². The Morgan fingerprint density at radius 3 is 2.75 bits per heavy atom. The van der Waals surface area contributed by atoms with E-state index in [0.29, 0.717) is 11.8 Å².